The van der Waals surface area contributed by atoms with Gasteiger partial charge in [-0.2, -0.15) is 4.72 Å². The molecule has 1 heterocycles. The first-order valence-corrected chi connectivity index (χ1v) is 8.97. The van der Waals surface area contributed by atoms with E-state index in [1.165, 1.54) is 20.8 Å². The number of nitrogens with one attached hydrogen (secondary N) is 2. The van der Waals surface area contributed by atoms with Gasteiger partial charge in [-0.25, -0.2) is 13.2 Å². The van der Waals surface area contributed by atoms with Crippen molar-refractivity contribution >= 4 is 21.9 Å². The fraction of sp³-hybridized carbons (Fsp3) is 0.643. The zero-order valence-corrected chi connectivity index (χ0v) is 15.1. The molecule has 9 nitrogen and oxygen atoms in total. The monoisotopic (exact) mass is 361 g/mol. The summed E-state index contributed by atoms with van der Waals surface area (Å²) < 4.78 is 31.7. The van der Waals surface area contributed by atoms with Gasteiger partial charge in [0.25, 0.3) is 0 Å². The Bertz CT molecular complexity index is 693. The van der Waals surface area contributed by atoms with Crippen molar-refractivity contribution in [3.05, 3.63) is 11.5 Å². The van der Waals surface area contributed by atoms with Crippen LogP contribution in [0.4, 0.5) is 0 Å². The molecule has 0 saturated carbocycles. The van der Waals surface area contributed by atoms with Gasteiger partial charge in [-0.3, -0.25) is 4.79 Å². The number of carbonyl (C=O) groups is 2. The Morgan fingerprint density at radius 3 is 2.29 bits per heavy atom. The van der Waals surface area contributed by atoms with Gasteiger partial charge in [-0.05, 0) is 26.7 Å². The van der Waals surface area contributed by atoms with E-state index in [4.69, 9.17) is 4.52 Å². The van der Waals surface area contributed by atoms with Crippen LogP contribution in [0.1, 0.15) is 38.6 Å². The number of rotatable bonds is 8. The van der Waals surface area contributed by atoms with Crippen molar-refractivity contribution < 1.29 is 27.6 Å². The quantitative estimate of drug-likeness (QED) is 0.615. The Hall–Kier alpha value is -1.94. The minimum atomic E-state index is -4.02. The first-order valence-electron chi connectivity index (χ1n) is 7.49. The van der Waals surface area contributed by atoms with Crippen molar-refractivity contribution in [3.8, 4) is 0 Å². The van der Waals surface area contributed by atoms with E-state index < -0.39 is 34.0 Å². The normalized spacial score (nSPS) is 15.5. The second kappa shape index (κ2) is 7.75. The number of carboxylic acids is 1. The first kappa shape index (κ1) is 20.1. The molecule has 1 rings (SSSR count). The van der Waals surface area contributed by atoms with Crippen molar-refractivity contribution in [2.45, 2.75) is 58.0 Å². The third-order valence-corrected chi connectivity index (χ3v) is 5.52. The van der Waals surface area contributed by atoms with Crippen molar-refractivity contribution in [2.75, 3.05) is 0 Å². The van der Waals surface area contributed by atoms with Gasteiger partial charge in [0.05, 0.1) is 6.04 Å². The third kappa shape index (κ3) is 4.54. The molecular weight excluding hydrogens is 338 g/mol. The predicted octanol–water partition coefficient (Wildman–Crippen LogP) is 0.574. The second-order valence-corrected chi connectivity index (χ2v) is 7.36. The van der Waals surface area contributed by atoms with Crippen LogP contribution in [0.2, 0.25) is 0 Å². The maximum atomic E-state index is 12.4. The van der Waals surface area contributed by atoms with E-state index in [0.29, 0.717) is 6.42 Å². The minimum Gasteiger partial charge on any atom is -0.480 e. The van der Waals surface area contributed by atoms with Gasteiger partial charge in [0.15, 0.2) is 5.76 Å². The van der Waals surface area contributed by atoms with E-state index in [2.05, 4.69) is 15.2 Å². The van der Waals surface area contributed by atoms with Crippen LogP contribution in [0.5, 0.6) is 0 Å². The number of aryl methyl sites for hydroxylation is 2. The standard InChI is InChI=1S/C14H23N3O6S/c1-6-7(2)11(14(19)20)15-13(18)9(4)17-24(21,22)12-8(3)16-23-10(12)5/h7,9,11,17H,6H2,1-5H3,(H,15,18)(H,19,20)/t7-,9?,11-/m0/s1. The number of nitrogens with zero attached hydrogens (tertiary/aromatic N) is 1. The van der Waals surface area contributed by atoms with Gasteiger partial charge in [0.2, 0.25) is 15.9 Å². The van der Waals surface area contributed by atoms with Crippen molar-refractivity contribution in [1.29, 1.82) is 0 Å². The number of carbonyl (C=O) groups excluding carboxylic acids is 1. The highest BCUT2D eigenvalue weighted by atomic mass is 32.2. The number of sulfonamides is 1. The maximum Gasteiger partial charge on any atom is 0.326 e. The smallest absolute Gasteiger partial charge is 0.326 e. The highest BCUT2D eigenvalue weighted by Crippen LogP contribution is 2.19. The molecule has 1 aromatic heterocycles. The number of hydrogen-bond donors (Lipinski definition) is 3. The van der Waals surface area contributed by atoms with E-state index in [-0.39, 0.29) is 22.3 Å². The van der Waals surface area contributed by atoms with Gasteiger partial charge in [-0.1, -0.05) is 25.4 Å². The number of amides is 1. The summed E-state index contributed by atoms with van der Waals surface area (Å²) in [5.41, 5.74) is 0.177. The number of hydrogen-bond acceptors (Lipinski definition) is 6. The SMILES string of the molecule is CC[C@H](C)[C@H](NC(=O)C(C)NS(=O)(=O)c1c(C)noc1C)C(=O)O. The summed E-state index contributed by atoms with van der Waals surface area (Å²) >= 11 is 0. The molecule has 0 aliphatic rings. The van der Waals surface area contributed by atoms with Crippen LogP contribution in [-0.4, -0.2) is 42.6 Å². The minimum absolute atomic E-state index is 0.107. The summed E-state index contributed by atoms with van der Waals surface area (Å²) in [6.45, 7) is 7.75. The van der Waals surface area contributed by atoms with Crippen LogP contribution >= 0.6 is 0 Å². The molecule has 136 valence electrons. The fourth-order valence-corrected chi connectivity index (χ4v) is 3.70. The topological polar surface area (TPSA) is 139 Å². The van der Waals surface area contributed by atoms with Crippen LogP contribution in [0.15, 0.2) is 9.42 Å². The van der Waals surface area contributed by atoms with Gasteiger partial charge >= 0.3 is 5.97 Å². The van der Waals surface area contributed by atoms with Gasteiger partial charge < -0.3 is 14.9 Å². The summed E-state index contributed by atoms with van der Waals surface area (Å²) in [7, 11) is -4.02. The Morgan fingerprint density at radius 2 is 1.88 bits per heavy atom. The molecule has 0 saturated heterocycles. The molecule has 1 aromatic rings. The predicted molar refractivity (Wildman–Crippen MR) is 84.8 cm³/mol. The molecule has 0 bridgehead atoms. The largest absolute Gasteiger partial charge is 0.480 e. The molecule has 24 heavy (non-hydrogen) atoms. The van der Waals surface area contributed by atoms with Crippen LogP contribution in [0.25, 0.3) is 0 Å². The zero-order chi connectivity index (χ0) is 18.7. The highest BCUT2D eigenvalue weighted by molar-refractivity contribution is 7.89. The Kier molecular flexibility index (Phi) is 6.50. The zero-order valence-electron chi connectivity index (χ0n) is 14.3. The van der Waals surface area contributed by atoms with E-state index in [9.17, 15) is 23.1 Å². The molecule has 1 unspecified atom stereocenters. The van der Waals surface area contributed by atoms with Gasteiger partial charge in [0.1, 0.15) is 16.6 Å². The molecule has 0 aliphatic heterocycles. The van der Waals surface area contributed by atoms with Crippen molar-refractivity contribution in [3.63, 3.8) is 0 Å². The van der Waals surface area contributed by atoms with Crippen LogP contribution in [0, 0.1) is 19.8 Å². The summed E-state index contributed by atoms with van der Waals surface area (Å²) in [5.74, 6) is -2.08. The van der Waals surface area contributed by atoms with E-state index in [1.54, 1.807) is 13.8 Å². The maximum absolute atomic E-state index is 12.4. The molecule has 0 fully saturated rings. The lowest BCUT2D eigenvalue weighted by atomic mass is 9.99. The average Bonchev–Trinajstić information content (AvgIpc) is 2.82. The Balaban J connectivity index is 2.89. The molecular formula is C14H23N3O6S. The molecule has 3 atom stereocenters. The van der Waals surface area contributed by atoms with Crippen LogP contribution < -0.4 is 10.0 Å². The molecule has 0 spiro atoms. The highest BCUT2D eigenvalue weighted by Gasteiger charge is 2.31. The fourth-order valence-electron chi connectivity index (χ4n) is 2.16. The summed E-state index contributed by atoms with van der Waals surface area (Å²) in [4.78, 5) is 23.3. The molecule has 0 radical (unpaired) electrons. The van der Waals surface area contributed by atoms with Crippen molar-refractivity contribution in [2.24, 2.45) is 5.92 Å². The van der Waals surface area contributed by atoms with Gasteiger partial charge in [0, 0.05) is 0 Å². The number of aromatic nitrogens is 1. The second-order valence-electron chi connectivity index (χ2n) is 5.71. The lowest BCUT2D eigenvalue weighted by molar-refractivity contribution is -0.143. The Morgan fingerprint density at radius 1 is 1.29 bits per heavy atom. The number of aliphatic carboxylic acids is 1. The van der Waals surface area contributed by atoms with E-state index in [1.807, 2.05) is 0 Å². The van der Waals surface area contributed by atoms with E-state index in [0.717, 1.165) is 0 Å². The lowest BCUT2D eigenvalue weighted by Crippen LogP contribution is -2.52. The average molecular weight is 361 g/mol. The third-order valence-electron chi connectivity index (χ3n) is 3.74. The lowest BCUT2D eigenvalue weighted by Gasteiger charge is -2.22. The van der Waals surface area contributed by atoms with E-state index >= 15 is 0 Å². The van der Waals surface area contributed by atoms with Crippen LogP contribution in [-0.2, 0) is 19.6 Å². The molecule has 10 heteroatoms. The number of carboxylic acid groups (broad SMARTS) is 1. The van der Waals surface area contributed by atoms with Crippen molar-refractivity contribution in [1.82, 2.24) is 15.2 Å². The molecule has 1 amide bonds. The van der Waals surface area contributed by atoms with Gasteiger partial charge in [-0.15, -0.1) is 0 Å². The first-order chi connectivity index (χ1) is 11.0. The molecule has 3 N–H and O–H groups in total. The van der Waals surface area contributed by atoms with Crippen LogP contribution in [0.3, 0.4) is 0 Å². The molecule has 0 aromatic carbocycles. The summed E-state index contributed by atoms with van der Waals surface area (Å²) in [6, 6.07) is -2.25. The Labute approximate surface area is 140 Å². The summed E-state index contributed by atoms with van der Waals surface area (Å²) in [6.07, 6.45) is 0.552. The molecule has 0 aliphatic carbocycles. The summed E-state index contributed by atoms with van der Waals surface area (Å²) in [5, 5.41) is 15.1.